The van der Waals surface area contributed by atoms with E-state index in [-0.39, 0.29) is 11.9 Å². The van der Waals surface area contributed by atoms with Crippen LogP contribution in [0.3, 0.4) is 0 Å². The zero-order chi connectivity index (χ0) is 16.1. The predicted octanol–water partition coefficient (Wildman–Crippen LogP) is 3.59. The third-order valence-electron chi connectivity index (χ3n) is 3.85. The minimum absolute atomic E-state index is 0.0716. The van der Waals surface area contributed by atoms with Gasteiger partial charge in [0, 0.05) is 41.8 Å². The maximum atomic E-state index is 12.0. The van der Waals surface area contributed by atoms with Crippen molar-refractivity contribution in [1.82, 2.24) is 10.3 Å². The van der Waals surface area contributed by atoms with Crippen molar-refractivity contribution in [3.05, 3.63) is 52.5 Å². The topological polar surface area (TPSA) is 45.2 Å². The number of thiazole rings is 1. The van der Waals surface area contributed by atoms with E-state index in [2.05, 4.69) is 15.2 Å². The van der Waals surface area contributed by atoms with E-state index in [4.69, 9.17) is 11.6 Å². The minimum Gasteiger partial charge on any atom is -0.350 e. The van der Waals surface area contributed by atoms with Gasteiger partial charge in [-0.05, 0) is 30.5 Å². The largest absolute Gasteiger partial charge is 0.350 e. The lowest BCUT2D eigenvalue weighted by atomic mass is 10.1. The molecule has 6 heteroatoms. The SMILES string of the molecule is O=C(C=Cc1ccccc1Cl)NC1CCN(c2nccs2)CC1. The fraction of sp³-hybridized carbons (Fsp3) is 0.294. The van der Waals surface area contributed by atoms with Crippen molar-refractivity contribution in [3.63, 3.8) is 0 Å². The van der Waals surface area contributed by atoms with Gasteiger partial charge in [-0.2, -0.15) is 0 Å². The number of hydrogen-bond donors (Lipinski definition) is 1. The van der Waals surface area contributed by atoms with Gasteiger partial charge < -0.3 is 10.2 Å². The molecule has 0 atom stereocenters. The Morgan fingerprint density at radius 2 is 2.13 bits per heavy atom. The van der Waals surface area contributed by atoms with Crippen LogP contribution in [-0.4, -0.2) is 30.0 Å². The molecule has 1 aliphatic heterocycles. The molecule has 1 saturated heterocycles. The highest BCUT2D eigenvalue weighted by Gasteiger charge is 2.21. The van der Waals surface area contributed by atoms with Crippen molar-refractivity contribution in [2.45, 2.75) is 18.9 Å². The van der Waals surface area contributed by atoms with Crippen LogP contribution in [0.25, 0.3) is 6.08 Å². The highest BCUT2D eigenvalue weighted by Crippen LogP contribution is 2.22. The zero-order valence-electron chi connectivity index (χ0n) is 12.6. The second kappa shape index (κ2) is 7.62. The molecular weight excluding hydrogens is 330 g/mol. The molecule has 1 fully saturated rings. The van der Waals surface area contributed by atoms with Crippen LogP contribution in [0.15, 0.2) is 41.9 Å². The van der Waals surface area contributed by atoms with E-state index < -0.39 is 0 Å². The van der Waals surface area contributed by atoms with Crippen molar-refractivity contribution < 1.29 is 4.79 Å². The van der Waals surface area contributed by atoms with Crippen LogP contribution in [0.1, 0.15) is 18.4 Å². The van der Waals surface area contributed by atoms with Gasteiger partial charge in [-0.1, -0.05) is 29.8 Å². The van der Waals surface area contributed by atoms with Crippen molar-refractivity contribution in [2.24, 2.45) is 0 Å². The molecule has 1 aliphatic rings. The standard InChI is InChI=1S/C17H18ClN3OS/c18-15-4-2-1-3-13(15)5-6-16(22)20-14-7-10-21(11-8-14)17-19-9-12-23-17/h1-6,9,12,14H,7-8,10-11H2,(H,20,22). The summed E-state index contributed by atoms with van der Waals surface area (Å²) in [7, 11) is 0. The first-order valence-corrected chi connectivity index (χ1v) is 8.85. The number of carbonyl (C=O) groups is 1. The third kappa shape index (κ3) is 4.33. The third-order valence-corrected chi connectivity index (χ3v) is 5.03. The Morgan fingerprint density at radius 1 is 1.35 bits per heavy atom. The number of rotatable bonds is 4. The molecule has 1 aromatic carbocycles. The highest BCUT2D eigenvalue weighted by atomic mass is 35.5. The number of amides is 1. The molecular formula is C17H18ClN3OS. The van der Waals surface area contributed by atoms with Crippen molar-refractivity contribution in [3.8, 4) is 0 Å². The molecule has 2 aromatic rings. The van der Waals surface area contributed by atoms with Gasteiger partial charge in [0.25, 0.3) is 0 Å². The molecule has 0 unspecified atom stereocenters. The first kappa shape index (κ1) is 16.0. The van der Waals surface area contributed by atoms with E-state index in [0.29, 0.717) is 5.02 Å². The lowest BCUT2D eigenvalue weighted by molar-refractivity contribution is -0.117. The van der Waals surface area contributed by atoms with Gasteiger partial charge >= 0.3 is 0 Å². The monoisotopic (exact) mass is 347 g/mol. The van der Waals surface area contributed by atoms with E-state index >= 15 is 0 Å². The molecule has 0 aliphatic carbocycles. The van der Waals surface area contributed by atoms with Crippen LogP contribution in [0.5, 0.6) is 0 Å². The molecule has 3 rings (SSSR count). The Morgan fingerprint density at radius 3 is 2.83 bits per heavy atom. The number of halogens is 1. The van der Waals surface area contributed by atoms with Crippen molar-refractivity contribution in [1.29, 1.82) is 0 Å². The van der Waals surface area contributed by atoms with E-state index in [1.54, 1.807) is 23.5 Å². The van der Waals surface area contributed by atoms with E-state index in [9.17, 15) is 4.79 Å². The van der Waals surface area contributed by atoms with Gasteiger partial charge in [-0.25, -0.2) is 4.98 Å². The molecule has 0 saturated carbocycles. The number of carbonyl (C=O) groups excluding carboxylic acids is 1. The summed E-state index contributed by atoms with van der Waals surface area (Å²) in [5.41, 5.74) is 0.850. The van der Waals surface area contributed by atoms with Gasteiger partial charge in [-0.3, -0.25) is 4.79 Å². The fourth-order valence-corrected chi connectivity index (χ4v) is 3.51. The number of anilines is 1. The van der Waals surface area contributed by atoms with Gasteiger partial charge in [0.05, 0.1) is 0 Å². The smallest absolute Gasteiger partial charge is 0.244 e. The quantitative estimate of drug-likeness (QED) is 0.859. The fourth-order valence-electron chi connectivity index (χ4n) is 2.61. The van der Waals surface area contributed by atoms with E-state index in [1.165, 1.54) is 0 Å². The van der Waals surface area contributed by atoms with Gasteiger partial charge in [0.1, 0.15) is 0 Å². The van der Waals surface area contributed by atoms with Crippen LogP contribution in [0.4, 0.5) is 5.13 Å². The summed E-state index contributed by atoms with van der Waals surface area (Å²) >= 11 is 7.73. The maximum absolute atomic E-state index is 12.0. The summed E-state index contributed by atoms with van der Waals surface area (Å²) in [4.78, 5) is 18.6. The van der Waals surface area contributed by atoms with E-state index in [1.807, 2.05) is 35.8 Å². The lowest BCUT2D eigenvalue weighted by Crippen LogP contribution is -2.44. The maximum Gasteiger partial charge on any atom is 0.244 e. The Bertz CT molecular complexity index is 679. The number of nitrogens with zero attached hydrogens (tertiary/aromatic N) is 2. The average Bonchev–Trinajstić information content (AvgIpc) is 3.09. The van der Waals surface area contributed by atoms with Crippen LogP contribution >= 0.6 is 22.9 Å². The average molecular weight is 348 g/mol. The lowest BCUT2D eigenvalue weighted by Gasteiger charge is -2.31. The predicted molar refractivity (Wildman–Crippen MR) is 96.0 cm³/mol. The van der Waals surface area contributed by atoms with Gasteiger partial charge in [0.2, 0.25) is 5.91 Å². The van der Waals surface area contributed by atoms with E-state index in [0.717, 1.165) is 36.6 Å². The number of benzene rings is 1. The molecule has 1 aromatic heterocycles. The summed E-state index contributed by atoms with van der Waals surface area (Å²) in [6.07, 6.45) is 7.00. The molecule has 1 N–H and O–H groups in total. The Balaban J connectivity index is 1.49. The van der Waals surface area contributed by atoms with Crippen LogP contribution in [0.2, 0.25) is 5.02 Å². The van der Waals surface area contributed by atoms with Crippen molar-refractivity contribution in [2.75, 3.05) is 18.0 Å². The molecule has 0 radical (unpaired) electrons. The summed E-state index contributed by atoms with van der Waals surface area (Å²) < 4.78 is 0. The highest BCUT2D eigenvalue weighted by molar-refractivity contribution is 7.13. The summed E-state index contributed by atoms with van der Waals surface area (Å²) in [6, 6.07) is 7.69. The van der Waals surface area contributed by atoms with Crippen LogP contribution in [-0.2, 0) is 4.79 Å². The summed E-state index contributed by atoms with van der Waals surface area (Å²) in [5.74, 6) is -0.0716. The zero-order valence-corrected chi connectivity index (χ0v) is 14.2. The first-order valence-electron chi connectivity index (χ1n) is 7.60. The van der Waals surface area contributed by atoms with Crippen LogP contribution in [0, 0.1) is 0 Å². The molecule has 4 nitrogen and oxygen atoms in total. The van der Waals surface area contributed by atoms with Crippen LogP contribution < -0.4 is 10.2 Å². The molecule has 120 valence electrons. The number of aromatic nitrogens is 1. The normalized spacial score (nSPS) is 16.0. The van der Waals surface area contributed by atoms with Gasteiger partial charge in [0.15, 0.2) is 5.13 Å². The second-order valence-corrected chi connectivity index (χ2v) is 6.72. The first-order chi connectivity index (χ1) is 11.2. The number of hydrogen-bond acceptors (Lipinski definition) is 4. The number of nitrogens with one attached hydrogen (secondary N) is 1. The Kier molecular flexibility index (Phi) is 5.31. The number of piperidine rings is 1. The molecule has 2 heterocycles. The van der Waals surface area contributed by atoms with Crippen molar-refractivity contribution >= 4 is 40.1 Å². The molecule has 23 heavy (non-hydrogen) atoms. The molecule has 0 spiro atoms. The molecule has 1 amide bonds. The molecule has 0 bridgehead atoms. The van der Waals surface area contributed by atoms with Gasteiger partial charge in [-0.15, -0.1) is 11.3 Å². The Labute approximate surface area is 144 Å². The summed E-state index contributed by atoms with van der Waals surface area (Å²) in [6.45, 7) is 1.85. The summed E-state index contributed by atoms with van der Waals surface area (Å²) in [5, 5.41) is 6.76. The minimum atomic E-state index is -0.0716. The second-order valence-electron chi connectivity index (χ2n) is 5.44. The Hall–Kier alpha value is -1.85.